The third kappa shape index (κ3) is 6.31. The molecule has 2 saturated carbocycles. The van der Waals surface area contributed by atoms with Crippen LogP contribution >= 0.6 is 0 Å². The number of ether oxygens (including phenoxy) is 1. The Bertz CT molecular complexity index is 1420. The lowest BCUT2D eigenvalue weighted by Gasteiger charge is -2.64. The minimum Gasteiger partial charge on any atom is -0.348 e. The summed E-state index contributed by atoms with van der Waals surface area (Å²) in [7, 11) is 2.19. The number of hydrogen-bond acceptors (Lipinski definition) is 8. The third-order valence-corrected chi connectivity index (χ3v) is 13.8. The predicted octanol–water partition coefficient (Wildman–Crippen LogP) is 4.62. The van der Waals surface area contributed by atoms with Gasteiger partial charge in [0.15, 0.2) is 12.1 Å². The molecule has 9 heteroatoms. The monoisotopic (exact) mass is 670 g/mol. The molecule has 1 aromatic carbocycles. The molecule has 1 aromatic rings. The first-order valence-electron chi connectivity index (χ1n) is 19.3. The SMILES string of the molecule is C=CC(=O)N1CCN(C2(C3CCCCCC3)NC(OCC3CCCN3C)NC3C(=O)[C@]4(CCC32)Cc2ccccc2CC4C)CC1CC#N. The molecule has 3 aliphatic carbocycles. The fraction of sp³-hybridized carbons (Fsp3) is 0.725. The highest BCUT2D eigenvalue weighted by molar-refractivity contribution is 5.92. The molecular weight excluding hydrogens is 612 g/mol. The van der Waals surface area contributed by atoms with Crippen LogP contribution in [0.25, 0.3) is 0 Å². The molecule has 3 saturated heterocycles. The average Bonchev–Trinajstić information content (AvgIpc) is 3.33. The standard InChI is InChI=1S/C40H58N6O3/c1-4-35(47)46-23-22-45(26-32(46)18-20-41)40(31-14-7-5-6-8-15-31)34-17-19-39(25-30-13-10-9-12-29(30)24-28(39)2)37(48)36(34)42-38(43-40)49-27-33-16-11-21-44(33)3/h4,9-10,12-13,28,31-34,36,38,42-43H,1,5-8,11,14-19,21-27H2,2-3H3/t28?,32?,33?,34?,36?,38?,39-,40?/m1/s1. The topological polar surface area (TPSA) is 101 Å². The number of fused-ring (bicyclic) bond motifs is 2. The maximum absolute atomic E-state index is 15.4. The molecule has 0 bridgehead atoms. The smallest absolute Gasteiger partial charge is 0.246 e. The number of nitrogens with one attached hydrogen (secondary N) is 2. The zero-order valence-electron chi connectivity index (χ0n) is 29.9. The lowest BCUT2D eigenvalue weighted by atomic mass is 9.52. The van der Waals surface area contributed by atoms with E-state index in [1.165, 1.54) is 49.3 Å². The molecule has 7 rings (SSSR count). The molecule has 1 amide bonds. The van der Waals surface area contributed by atoms with Crippen molar-refractivity contribution in [3.63, 3.8) is 0 Å². The van der Waals surface area contributed by atoms with Crippen molar-refractivity contribution < 1.29 is 14.3 Å². The highest BCUT2D eigenvalue weighted by atomic mass is 16.5. The molecule has 2 N–H and O–H groups in total. The lowest BCUT2D eigenvalue weighted by molar-refractivity contribution is -0.191. The number of piperazine rings is 1. The van der Waals surface area contributed by atoms with Crippen molar-refractivity contribution in [2.45, 2.75) is 121 Å². The second-order valence-electron chi connectivity index (χ2n) is 16.2. The quantitative estimate of drug-likeness (QED) is 0.320. The van der Waals surface area contributed by atoms with Gasteiger partial charge in [-0.05, 0) is 94.0 Å². The van der Waals surface area contributed by atoms with Crippen LogP contribution in [0.15, 0.2) is 36.9 Å². The van der Waals surface area contributed by atoms with Gasteiger partial charge in [0.05, 0.1) is 36.8 Å². The van der Waals surface area contributed by atoms with Crippen molar-refractivity contribution in [2.24, 2.45) is 23.2 Å². The zero-order chi connectivity index (χ0) is 34.2. The van der Waals surface area contributed by atoms with Crippen LogP contribution in [0, 0.1) is 34.5 Å². The van der Waals surface area contributed by atoms with Crippen molar-refractivity contribution >= 4 is 11.7 Å². The Kier molecular flexibility index (Phi) is 10.3. The van der Waals surface area contributed by atoms with Crippen LogP contribution in [0.2, 0.25) is 0 Å². The number of carbonyl (C=O) groups excluding carboxylic acids is 2. The van der Waals surface area contributed by atoms with Gasteiger partial charge in [-0.3, -0.25) is 25.1 Å². The van der Waals surface area contributed by atoms with E-state index in [4.69, 9.17) is 4.74 Å². The van der Waals surface area contributed by atoms with Gasteiger partial charge in [0.2, 0.25) is 5.91 Å². The van der Waals surface area contributed by atoms with Gasteiger partial charge in [-0.2, -0.15) is 5.26 Å². The summed E-state index contributed by atoms with van der Waals surface area (Å²) >= 11 is 0. The number of nitrogens with zero attached hydrogens (tertiary/aromatic N) is 4. The highest BCUT2D eigenvalue weighted by Crippen LogP contribution is 2.54. The van der Waals surface area contributed by atoms with Crippen molar-refractivity contribution in [1.82, 2.24) is 25.3 Å². The average molecular weight is 671 g/mol. The Morgan fingerprint density at radius 1 is 1.06 bits per heavy atom. The van der Waals surface area contributed by atoms with E-state index < -0.39 is 17.4 Å². The second kappa shape index (κ2) is 14.6. The van der Waals surface area contributed by atoms with Gasteiger partial charge in [-0.25, -0.2) is 0 Å². The van der Waals surface area contributed by atoms with Gasteiger partial charge in [0.1, 0.15) is 0 Å². The molecule has 5 fully saturated rings. The minimum absolute atomic E-state index is 0.0523. The normalized spacial score (nSPS) is 37.7. The highest BCUT2D eigenvalue weighted by Gasteiger charge is 2.63. The van der Waals surface area contributed by atoms with E-state index in [0.717, 1.165) is 51.5 Å². The number of rotatable bonds is 7. The number of ketones is 1. The zero-order valence-corrected chi connectivity index (χ0v) is 29.9. The van der Waals surface area contributed by atoms with Crippen LogP contribution < -0.4 is 10.6 Å². The molecule has 0 radical (unpaired) electrons. The number of carbonyl (C=O) groups is 2. The van der Waals surface area contributed by atoms with Gasteiger partial charge < -0.3 is 14.5 Å². The van der Waals surface area contributed by atoms with Crippen LogP contribution in [0.1, 0.15) is 88.7 Å². The van der Waals surface area contributed by atoms with E-state index in [9.17, 15) is 10.1 Å². The van der Waals surface area contributed by atoms with E-state index in [1.807, 2.05) is 4.90 Å². The van der Waals surface area contributed by atoms with Crippen molar-refractivity contribution in [3.8, 4) is 6.07 Å². The number of benzene rings is 1. The summed E-state index contributed by atoms with van der Waals surface area (Å²) in [6.45, 7) is 9.60. The molecule has 49 heavy (non-hydrogen) atoms. The van der Waals surface area contributed by atoms with Crippen LogP contribution in [-0.2, 0) is 27.2 Å². The summed E-state index contributed by atoms with van der Waals surface area (Å²) in [5.41, 5.74) is 1.83. The molecular formula is C40H58N6O3. The first-order valence-corrected chi connectivity index (χ1v) is 19.3. The predicted molar refractivity (Wildman–Crippen MR) is 190 cm³/mol. The fourth-order valence-electron chi connectivity index (χ4n) is 11.1. The van der Waals surface area contributed by atoms with Gasteiger partial charge in [-0.1, -0.05) is 63.5 Å². The maximum Gasteiger partial charge on any atom is 0.246 e. The largest absolute Gasteiger partial charge is 0.348 e. The van der Waals surface area contributed by atoms with Gasteiger partial charge >= 0.3 is 0 Å². The lowest BCUT2D eigenvalue weighted by Crippen LogP contribution is -2.83. The number of likely N-dealkylation sites (N-methyl/N-ethyl adjacent to an activating group) is 1. The number of Topliss-reactive ketones (excluding diaryl/α,β-unsaturated/α-hetero) is 1. The number of nitriles is 1. The summed E-state index contributed by atoms with van der Waals surface area (Å²) in [4.78, 5) is 35.2. The van der Waals surface area contributed by atoms with Gasteiger partial charge in [0.25, 0.3) is 0 Å². The van der Waals surface area contributed by atoms with Gasteiger partial charge in [0, 0.05) is 37.0 Å². The van der Waals surface area contributed by atoms with Crippen LogP contribution in [0.5, 0.6) is 0 Å². The number of likely N-dealkylation sites (tertiary alicyclic amines) is 1. The van der Waals surface area contributed by atoms with E-state index in [0.29, 0.717) is 44.0 Å². The van der Waals surface area contributed by atoms with E-state index in [1.54, 1.807) is 0 Å². The first kappa shape index (κ1) is 34.8. The Morgan fingerprint density at radius 3 is 2.55 bits per heavy atom. The maximum atomic E-state index is 15.4. The molecule has 0 aromatic heterocycles. The van der Waals surface area contributed by atoms with Crippen molar-refractivity contribution in [1.29, 1.82) is 5.26 Å². The molecule has 6 aliphatic rings. The molecule has 3 heterocycles. The number of hydrogen-bond donors (Lipinski definition) is 2. The molecule has 3 aliphatic heterocycles. The molecule has 7 unspecified atom stereocenters. The Morgan fingerprint density at radius 2 is 1.84 bits per heavy atom. The van der Waals surface area contributed by atoms with Crippen molar-refractivity contribution in [2.75, 3.05) is 39.8 Å². The summed E-state index contributed by atoms with van der Waals surface area (Å²) in [6, 6.07) is 10.9. The molecule has 8 atom stereocenters. The third-order valence-electron chi connectivity index (χ3n) is 13.8. The van der Waals surface area contributed by atoms with Gasteiger partial charge in [-0.15, -0.1) is 0 Å². The second-order valence-corrected chi connectivity index (χ2v) is 16.2. The summed E-state index contributed by atoms with van der Waals surface area (Å²) in [5.74, 6) is 0.908. The molecule has 1 spiro atoms. The molecule has 266 valence electrons. The van der Waals surface area contributed by atoms with E-state index >= 15 is 4.79 Å². The fourth-order valence-corrected chi connectivity index (χ4v) is 11.1. The Balaban J connectivity index is 1.28. The summed E-state index contributed by atoms with van der Waals surface area (Å²) in [5, 5.41) is 17.9. The first-order chi connectivity index (χ1) is 23.8. The summed E-state index contributed by atoms with van der Waals surface area (Å²) < 4.78 is 6.84. The van der Waals surface area contributed by atoms with E-state index in [-0.39, 0.29) is 36.2 Å². The molecule has 9 nitrogen and oxygen atoms in total. The summed E-state index contributed by atoms with van der Waals surface area (Å²) in [6.07, 6.45) is 14.1. The Hall–Kier alpha value is -2.61. The van der Waals surface area contributed by atoms with Crippen molar-refractivity contribution in [3.05, 3.63) is 48.0 Å². The van der Waals surface area contributed by atoms with Crippen LogP contribution in [-0.4, -0.2) is 96.4 Å². The minimum atomic E-state index is -0.489. The number of amides is 1. The van der Waals surface area contributed by atoms with Crippen LogP contribution in [0.4, 0.5) is 0 Å². The Labute approximate surface area is 293 Å². The van der Waals surface area contributed by atoms with E-state index in [2.05, 4.69) is 71.3 Å². The van der Waals surface area contributed by atoms with Crippen LogP contribution in [0.3, 0.4) is 0 Å².